The number of thiol groups is 1. The molecule has 7 nitrogen and oxygen atoms in total. The molecule has 3 atom stereocenters. The second-order valence-electron chi connectivity index (χ2n) is 3.25. The number of carboxylic acid groups (broad SMARTS) is 2. The van der Waals surface area contributed by atoms with Gasteiger partial charge in [0.1, 0.15) is 6.04 Å². The summed E-state index contributed by atoms with van der Waals surface area (Å²) < 4.78 is 0. The first kappa shape index (κ1) is 14.9. The number of hydrogen-bond donors (Lipinski definition) is 5. The van der Waals surface area contributed by atoms with Gasteiger partial charge in [0.25, 0.3) is 0 Å². The van der Waals surface area contributed by atoms with Crippen molar-refractivity contribution < 1.29 is 24.6 Å². The van der Waals surface area contributed by atoms with Crippen molar-refractivity contribution in [1.29, 1.82) is 0 Å². The van der Waals surface area contributed by atoms with E-state index in [0.717, 1.165) is 0 Å². The molecular formula is C8H14N2O5S. The zero-order valence-electron chi connectivity index (χ0n) is 8.37. The first-order valence-electron chi connectivity index (χ1n) is 4.45. The van der Waals surface area contributed by atoms with Gasteiger partial charge in [-0.15, -0.1) is 0 Å². The van der Waals surface area contributed by atoms with Crippen LogP contribution in [0.15, 0.2) is 0 Å². The standard InChI is InChI=1S/C8H14N2O5S/c9-3(1-2-4(11)12)6(13)7(16)5(10)8(14)15/h3,5,7,16H,1-2,9-10H2,(H,11,12)(H,14,15). The molecule has 0 fully saturated rings. The minimum absolute atomic E-state index is 0.0719. The molecule has 0 amide bonds. The Bertz CT molecular complexity index is 296. The third-order valence-corrected chi connectivity index (χ3v) is 2.53. The van der Waals surface area contributed by atoms with E-state index in [2.05, 4.69) is 12.6 Å². The SMILES string of the molecule is NC(CCC(=O)O)C(=O)C(S)C(N)C(=O)O. The Hall–Kier alpha value is -1.12. The molecule has 6 N–H and O–H groups in total. The molecule has 92 valence electrons. The molecule has 8 heteroatoms. The number of Topliss-reactive ketones (excluding diaryl/α,β-unsaturated/α-hetero) is 1. The lowest BCUT2D eigenvalue weighted by Crippen LogP contribution is -2.48. The van der Waals surface area contributed by atoms with E-state index in [9.17, 15) is 14.4 Å². The first-order chi connectivity index (χ1) is 7.27. The molecule has 16 heavy (non-hydrogen) atoms. The van der Waals surface area contributed by atoms with E-state index < -0.39 is 35.1 Å². The van der Waals surface area contributed by atoms with Crippen LogP contribution in [-0.4, -0.2) is 45.3 Å². The summed E-state index contributed by atoms with van der Waals surface area (Å²) in [5, 5.41) is 15.7. The van der Waals surface area contributed by atoms with Gasteiger partial charge in [-0.05, 0) is 6.42 Å². The number of aliphatic carboxylic acids is 2. The molecule has 0 aliphatic carbocycles. The number of ketones is 1. The largest absolute Gasteiger partial charge is 0.481 e. The van der Waals surface area contributed by atoms with E-state index in [0.29, 0.717) is 0 Å². The van der Waals surface area contributed by atoms with E-state index in [1.165, 1.54) is 0 Å². The van der Waals surface area contributed by atoms with Gasteiger partial charge in [-0.25, -0.2) is 0 Å². The van der Waals surface area contributed by atoms with Crippen molar-refractivity contribution in [3.8, 4) is 0 Å². The monoisotopic (exact) mass is 250 g/mol. The van der Waals surface area contributed by atoms with Gasteiger partial charge >= 0.3 is 11.9 Å². The third-order valence-electron chi connectivity index (χ3n) is 1.95. The van der Waals surface area contributed by atoms with Crippen molar-refractivity contribution in [3.63, 3.8) is 0 Å². The van der Waals surface area contributed by atoms with E-state index in [1.807, 2.05) is 0 Å². The molecule has 0 spiro atoms. The van der Waals surface area contributed by atoms with E-state index >= 15 is 0 Å². The molecule has 0 aromatic rings. The Morgan fingerprint density at radius 1 is 1.19 bits per heavy atom. The number of nitrogens with two attached hydrogens (primary N) is 2. The molecule has 0 bridgehead atoms. The van der Waals surface area contributed by atoms with Crippen LogP contribution in [0.25, 0.3) is 0 Å². The lowest BCUT2D eigenvalue weighted by molar-refractivity contribution is -0.140. The van der Waals surface area contributed by atoms with Gasteiger partial charge in [-0.1, -0.05) is 0 Å². The van der Waals surface area contributed by atoms with E-state index in [4.69, 9.17) is 21.7 Å². The first-order valence-corrected chi connectivity index (χ1v) is 4.96. The Balaban J connectivity index is 4.32. The number of carboxylic acids is 2. The summed E-state index contributed by atoms with van der Waals surface area (Å²) in [5.74, 6) is -3.11. The van der Waals surface area contributed by atoms with E-state index in [-0.39, 0.29) is 12.8 Å². The van der Waals surface area contributed by atoms with Crippen molar-refractivity contribution >= 4 is 30.4 Å². The highest BCUT2D eigenvalue weighted by atomic mass is 32.1. The Morgan fingerprint density at radius 2 is 1.69 bits per heavy atom. The van der Waals surface area contributed by atoms with Crippen LogP contribution in [0, 0.1) is 0 Å². The summed E-state index contributed by atoms with van der Waals surface area (Å²) in [4.78, 5) is 32.2. The van der Waals surface area contributed by atoms with Gasteiger partial charge in [0.05, 0.1) is 11.3 Å². The van der Waals surface area contributed by atoms with Crippen molar-refractivity contribution in [2.45, 2.75) is 30.2 Å². The summed E-state index contributed by atoms with van der Waals surface area (Å²) in [6.07, 6.45) is -0.340. The molecule has 0 aromatic heterocycles. The lowest BCUT2D eigenvalue weighted by Gasteiger charge is -2.17. The maximum atomic E-state index is 11.5. The van der Waals surface area contributed by atoms with Crippen LogP contribution in [0.4, 0.5) is 0 Å². The summed E-state index contributed by atoms with van der Waals surface area (Å²) in [7, 11) is 0. The van der Waals surface area contributed by atoms with Gasteiger partial charge in [-0.2, -0.15) is 12.6 Å². The van der Waals surface area contributed by atoms with Crippen molar-refractivity contribution in [1.82, 2.24) is 0 Å². The summed E-state index contributed by atoms with van der Waals surface area (Å²) in [5.41, 5.74) is 10.6. The minimum Gasteiger partial charge on any atom is -0.481 e. The fraction of sp³-hybridized carbons (Fsp3) is 0.625. The van der Waals surface area contributed by atoms with Crippen LogP contribution in [0.5, 0.6) is 0 Å². The van der Waals surface area contributed by atoms with Gasteiger partial charge in [0.2, 0.25) is 0 Å². The molecule has 0 saturated carbocycles. The van der Waals surface area contributed by atoms with Crippen LogP contribution < -0.4 is 11.5 Å². The predicted octanol–water partition coefficient (Wildman–Crippen LogP) is -1.54. The number of carbonyl (C=O) groups excluding carboxylic acids is 1. The van der Waals surface area contributed by atoms with Crippen LogP contribution in [-0.2, 0) is 14.4 Å². The Kier molecular flexibility index (Phi) is 6.01. The average Bonchev–Trinajstić information content (AvgIpc) is 2.22. The minimum atomic E-state index is -1.45. The molecule has 0 rings (SSSR count). The average molecular weight is 250 g/mol. The van der Waals surface area contributed by atoms with Gasteiger partial charge in [0.15, 0.2) is 5.78 Å². The van der Waals surface area contributed by atoms with E-state index in [1.54, 1.807) is 0 Å². The van der Waals surface area contributed by atoms with Gasteiger partial charge in [0, 0.05) is 6.42 Å². The number of rotatable bonds is 7. The van der Waals surface area contributed by atoms with Crippen molar-refractivity contribution in [3.05, 3.63) is 0 Å². The molecule has 0 heterocycles. The van der Waals surface area contributed by atoms with Crippen molar-refractivity contribution in [2.24, 2.45) is 11.5 Å². The Morgan fingerprint density at radius 3 is 2.06 bits per heavy atom. The van der Waals surface area contributed by atoms with Crippen LogP contribution >= 0.6 is 12.6 Å². The second-order valence-corrected chi connectivity index (χ2v) is 3.81. The topological polar surface area (TPSA) is 144 Å². The molecule has 0 aliphatic heterocycles. The number of carbonyl (C=O) groups is 3. The fourth-order valence-corrected chi connectivity index (χ4v) is 1.27. The molecular weight excluding hydrogens is 236 g/mol. The molecule has 0 aliphatic rings. The maximum Gasteiger partial charge on any atom is 0.322 e. The Labute approximate surface area is 97.2 Å². The summed E-state index contributed by atoms with van der Waals surface area (Å²) >= 11 is 3.76. The highest BCUT2D eigenvalue weighted by Gasteiger charge is 2.30. The normalized spacial score (nSPS) is 16.2. The lowest BCUT2D eigenvalue weighted by atomic mass is 10.0. The molecule has 0 radical (unpaired) electrons. The maximum absolute atomic E-state index is 11.5. The van der Waals surface area contributed by atoms with Gasteiger partial charge < -0.3 is 21.7 Å². The summed E-state index contributed by atoms with van der Waals surface area (Å²) in [6.45, 7) is 0. The zero-order valence-corrected chi connectivity index (χ0v) is 9.26. The smallest absolute Gasteiger partial charge is 0.322 e. The highest BCUT2D eigenvalue weighted by Crippen LogP contribution is 2.07. The number of hydrogen-bond acceptors (Lipinski definition) is 6. The third kappa shape index (κ3) is 4.60. The van der Waals surface area contributed by atoms with Gasteiger partial charge in [-0.3, -0.25) is 14.4 Å². The quantitative estimate of drug-likeness (QED) is 0.344. The fourth-order valence-electron chi connectivity index (χ4n) is 0.953. The molecule has 0 saturated heterocycles. The van der Waals surface area contributed by atoms with Crippen LogP contribution in [0.3, 0.4) is 0 Å². The van der Waals surface area contributed by atoms with Crippen molar-refractivity contribution in [2.75, 3.05) is 0 Å². The zero-order chi connectivity index (χ0) is 12.9. The van der Waals surface area contributed by atoms with Crippen LogP contribution in [0.1, 0.15) is 12.8 Å². The van der Waals surface area contributed by atoms with Crippen LogP contribution in [0.2, 0.25) is 0 Å². The predicted molar refractivity (Wildman–Crippen MR) is 58.2 cm³/mol. The summed E-state index contributed by atoms with van der Waals surface area (Å²) in [6, 6.07) is -2.52. The second kappa shape index (κ2) is 6.46. The highest BCUT2D eigenvalue weighted by molar-refractivity contribution is 7.82. The molecule has 0 aromatic carbocycles. The molecule has 3 unspecified atom stereocenters.